The van der Waals surface area contributed by atoms with Crippen LogP contribution in [0.2, 0.25) is 0 Å². The number of rotatable bonds is 4. The Kier molecular flexibility index (Phi) is 4.85. The number of hydrazone groups is 1. The number of nitro benzene ring substituents is 1. The zero-order valence-electron chi connectivity index (χ0n) is 13.2. The fourth-order valence-electron chi connectivity index (χ4n) is 1.99. The topological polar surface area (TPSA) is 84.6 Å². The van der Waals surface area contributed by atoms with Gasteiger partial charge in [-0.1, -0.05) is 18.2 Å². The molecule has 0 radical (unpaired) electrons. The molecule has 2 rings (SSSR count). The molecule has 1 N–H and O–H groups in total. The minimum atomic E-state index is -0.541. The van der Waals surface area contributed by atoms with E-state index in [1.165, 1.54) is 29.8 Å². The van der Waals surface area contributed by atoms with Gasteiger partial charge in [0.1, 0.15) is 0 Å². The molecule has 6 nitrogen and oxygen atoms in total. The van der Waals surface area contributed by atoms with Crippen molar-refractivity contribution in [1.82, 2.24) is 5.43 Å². The summed E-state index contributed by atoms with van der Waals surface area (Å²) in [5.41, 5.74) is 6.37. The summed E-state index contributed by atoms with van der Waals surface area (Å²) < 4.78 is 0. The first-order valence-electron chi connectivity index (χ1n) is 7.05. The summed E-state index contributed by atoms with van der Waals surface area (Å²) >= 11 is 0. The molecule has 0 aliphatic carbocycles. The number of nitrogens with zero attached hydrogens (tertiary/aromatic N) is 2. The van der Waals surface area contributed by atoms with Gasteiger partial charge in [0, 0.05) is 17.7 Å². The van der Waals surface area contributed by atoms with E-state index in [-0.39, 0.29) is 11.3 Å². The zero-order valence-corrected chi connectivity index (χ0v) is 13.2. The molecule has 6 heteroatoms. The molecule has 0 bridgehead atoms. The van der Waals surface area contributed by atoms with Crippen LogP contribution in [0.1, 0.15) is 34.0 Å². The molecule has 2 aromatic rings. The highest BCUT2D eigenvalue weighted by Gasteiger charge is 2.11. The number of benzene rings is 2. The summed E-state index contributed by atoms with van der Waals surface area (Å²) in [4.78, 5) is 22.2. The van der Waals surface area contributed by atoms with Crippen LogP contribution in [0.15, 0.2) is 47.6 Å². The Hall–Kier alpha value is -3.02. The fraction of sp³-hybridized carbons (Fsp3) is 0.176. The van der Waals surface area contributed by atoms with Crippen molar-refractivity contribution in [1.29, 1.82) is 0 Å². The fourth-order valence-corrected chi connectivity index (χ4v) is 1.99. The largest absolute Gasteiger partial charge is 0.271 e. The minimum absolute atomic E-state index is 0.132. The van der Waals surface area contributed by atoms with Crippen molar-refractivity contribution in [2.24, 2.45) is 5.10 Å². The second-order valence-electron chi connectivity index (χ2n) is 5.24. The molecule has 1 amide bonds. The van der Waals surface area contributed by atoms with Crippen molar-refractivity contribution in [2.45, 2.75) is 20.8 Å². The third-order valence-corrected chi connectivity index (χ3v) is 3.57. The van der Waals surface area contributed by atoms with Gasteiger partial charge in [-0.2, -0.15) is 5.10 Å². The lowest BCUT2D eigenvalue weighted by molar-refractivity contribution is -0.384. The molecule has 0 aliphatic rings. The quantitative estimate of drug-likeness (QED) is 0.533. The summed E-state index contributed by atoms with van der Waals surface area (Å²) in [5.74, 6) is -0.489. The highest BCUT2D eigenvalue weighted by molar-refractivity contribution is 6.01. The minimum Gasteiger partial charge on any atom is -0.267 e. The van der Waals surface area contributed by atoms with E-state index < -0.39 is 10.8 Å². The number of amides is 1. The standard InChI is InChI=1S/C17H17N3O3/c1-11-7-8-14(9-12(11)2)13(3)18-19-17(21)15-5-4-6-16(10-15)20(22)23/h4-10H,1-3H3,(H,19,21)/b18-13-. The van der Waals surface area contributed by atoms with E-state index in [4.69, 9.17) is 0 Å². The maximum atomic E-state index is 12.0. The molecule has 0 aliphatic heterocycles. The van der Waals surface area contributed by atoms with Crippen LogP contribution < -0.4 is 5.43 Å². The van der Waals surface area contributed by atoms with Crippen molar-refractivity contribution in [2.75, 3.05) is 0 Å². The SMILES string of the molecule is C/C(=N/NC(=O)c1cccc([N+](=O)[O-])c1)c1ccc(C)c(C)c1. The average molecular weight is 311 g/mol. The van der Waals surface area contributed by atoms with Crippen LogP contribution in [0.3, 0.4) is 0 Å². The van der Waals surface area contributed by atoms with Crippen molar-refractivity contribution in [3.05, 3.63) is 74.8 Å². The van der Waals surface area contributed by atoms with Crippen molar-refractivity contribution in [3.63, 3.8) is 0 Å². The molecule has 0 spiro atoms. The van der Waals surface area contributed by atoms with E-state index in [1.54, 1.807) is 6.92 Å². The molecule has 118 valence electrons. The Balaban J connectivity index is 2.15. The van der Waals surface area contributed by atoms with Gasteiger partial charge in [-0.05, 0) is 49.6 Å². The lowest BCUT2D eigenvalue weighted by atomic mass is 10.0. The molecule has 0 unspecified atom stereocenters. The van der Waals surface area contributed by atoms with Crippen LogP contribution >= 0.6 is 0 Å². The second-order valence-corrected chi connectivity index (χ2v) is 5.24. The molecule has 23 heavy (non-hydrogen) atoms. The maximum Gasteiger partial charge on any atom is 0.271 e. The highest BCUT2D eigenvalue weighted by atomic mass is 16.6. The normalized spacial score (nSPS) is 11.2. The molecule has 0 saturated carbocycles. The number of carbonyl (C=O) groups excluding carboxylic acids is 1. The first-order valence-corrected chi connectivity index (χ1v) is 7.05. The van der Waals surface area contributed by atoms with Crippen LogP contribution in [0, 0.1) is 24.0 Å². The summed E-state index contributed by atoms with van der Waals surface area (Å²) in [5, 5.41) is 14.8. The van der Waals surface area contributed by atoms with Crippen LogP contribution in [-0.4, -0.2) is 16.5 Å². The Bertz CT molecular complexity index is 797. The van der Waals surface area contributed by atoms with Crippen LogP contribution in [-0.2, 0) is 0 Å². The predicted molar refractivity (Wildman–Crippen MR) is 88.7 cm³/mol. The summed E-state index contributed by atoms with van der Waals surface area (Å²) in [6.45, 7) is 5.82. The lowest BCUT2D eigenvalue weighted by Crippen LogP contribution is -2.19. The summed E-state index contributed by atoms with van der Waals surface area (Å²) in [6, 6.07) is 11.4. The van der Waals surface area contributed by atoms with Crippen LogP contribution in [0.25, 0.3) is 0 Å². The van der Waals surface area contributed by atoms with Gasteiger partial charge < -0.3 is 0 Å². The smallest absolute Gasteiger partial charge is 0.267 e. The third kappa shape index (κ3) is 4.00. The molecule has 2 aromatic carbocycles. The number of nitrogens with one attached hydrogen (secondary N) is 1. The third-order valence-electron chi connectivity index (χ3n) is 3.57. The second kappa shape index (κ2) is 6.83. The van der Waals surface area contributed by atoms with Crippen molar-refractivity contribution in [3.8, 4) is 0 Å². The molecule has 0 saturated heterocycles. The summed E-state index contributed by atoms with van der Waals surface area (Å²) in [7, 11) is 0. The van der Waals surface area contributed by atoms with E-state index >= 15 is 0 Å². The van der Waals surface area contributed by atoms with E-state index in [1.807, 2.05) is 32.0 Å². The van der Waals surface area contributed by atoms with Gasteiger partial charge in [0.05, 0.1) is 10.6 Å². The molecule has 0 heterocycles. The molecular formula is C17H17N3O3. The van der Waals surface area contributed by atoms with E-state index in [0.29, 0.717) is 5.71 Å². The zero-order chi connectivity index (χ0) is 17.0. The van der Waals surface area contributed by atoms with E-state index in [2.05, 4.69) is 10.5 Å². The first-order chi connectivity index (χ1) is 10.9. The lowest BCUT2D eigenvalue weighted by Gasteiger charge is -2.06. The van der Waals surface area contributed by atoms with Gasteiger partial charge in [0.2, 0.25) is 0 Å². The predicted octanol–water partition coefficient (Wildman–Crippen LogP) is 3.37. The molecular weight excluding hydrogens is 294 g/mol. The Morgan fingerprint density at radius 1 is 1.09 bits per heavy atom. The number of aryl methyl sites for hydroxylation is 2. The van der Waals surface area contributed by atoms with Crippen molar-refractivity contribution < 1.29 is 9.72 Å². The Morgan fingerprint density at radius 2 is 1.83 bits per heavy atom. The molecule has 0 fully saturated rings. The number of hydrogen-bond donors (Lipinski definition) is 1. The number of hydrogen-bond acceptors (Lipinski definition) is 4. The van der Waals surface area contributed by atoms with E-state index in [9.17, 15) is 14.9 Å². The number of carbonyl (C=O) groups is 1. The number of nitro groups is 1. The van der Waals surface area contributed by atoms with Gasteiger partial charge in [-0.15, -0.1) is 0 Å². The first kappa shape index (κ1) is 16.4. The van der Waals surface area contributed by atoms with Gasteiger partial charge in [0.25, 0.3) is 11.6 Å². The van der Waals surface area contributed by atoms with Gasteiger partial charge in [-0.25, -0.2) is 5.43 Å². The monoisotopic (exact) mass is 311 g/mol. The van der Waals surface area contributed by atoms with Gasteiger partial charge >= 0.3 is 0 Å². The Morgan fingerprint density at radius 3 is 2.48 bits per heavy atom. The van der Waals surface area contributed by atoms with Gasteiger partial charge in [-0.3, -0.25) is 14.9 Å². The van der Waals surface area contributed by atoms with Gasteiger partial charge in [0.15, 0.2) is 0 Å². The molecule has 0 aromatic heterocycles. The maximum absolute atomic E-state index is 12.0. The Labute approximate surface area is 134 Å². The highest BCUT2D eigenvalue weighted by Crippen LogP contribution is 2.13. The molecule has 0 atom stereocenters. The van der Waals surface area contributed by atoms with Crippen molar-refractivity contribution >= 4 is 17.3 Å². The van der Waals surface area contributed by atoms with Crippen LogP contribution in [0.4, 0.5) is 5.69 Å². The summed E-state index contributed by atoms with van der Waals surface area (Å²) in [6.07, 6.45) is 0. The average Bonchev–Trinajstić information content (AvgIpc) is 2.54. The number of non-ortho nitro benzene ring substituents is 1. The van der Waals surface area contributed by atoms with E-state index in [0.717, 1.165) is 11.1 Å². The van der Waals surface area contributed by atoms with Crippen LogP contribution in [0.5, 0.6) is 0 Å².